The zero-order valence-electron chi connectivity index (χ0n) is 13.8. The van der Waals surface area contributed by atoms with Gasteiger partial charge in [0.15, 0.2) is 0 Å². The van der Waals surface area contributed by atoms with E-state index in [2.05, 4.69) is 35.9 Å². The minimum absolute atomic E-state index is 0.136. The van der Waals surface area contributed by atoms with Crippen molar-refractivity contribution in [3.05, 3.63) is 12.2 Å². The molecule has 0 aliphatic rings. The van der Waals surface area contributed by atoms with Gasteiger partial charge in [-0.25, -0.2) is 0 Å². The predicted octanol–water partition coefficient (Wildman–Crippen LogP) is 6.28. The fourth-order valence-corrected chi connectivity index (χ4v) is 2.48. The smallest absolute Gasteiger partial charge is 0.256 e. The summed E-state index contributed by atoms with van der Waals surface area (Å²) in [5, 5.41) is 0. The first kappa shape index (κ1) is 20.4. The predicted molar refractivity (Wildman–Crippen MR) is 94.3 cm³/mol. The Morgan fingerprint density at radius 2 is 1.29 bits per heavy atom. The van der Waals surface area contributed by atoms with E-state index in [-0.39, 0.29) is 5.91 Å². The second-order valence-electron chi connectivity index (χ2n) is 5.82. The molecule has 0 radical (unpaired) electrons. The number of amides is 1. The molecule has 0 saturated heterocycles. The van der Waals surface area contributed by atoms with Crippen molar-refractivity contribution in [3.8, 4) is 0 Å². The summed E-state index contributed by atoms with van der Waals surface area (Å²) in [4.78, 5) is 10.9. The van der Waals surface area contributed by atoms with Gasteiger partial charge in [0.05, 0.1) is 0 Å². The maximum absolute atomic E-state index is 10.9. The fourth-order valence-electron chi connectivity index (χ4n) is 2.39. The van der Waals surface area contributed by atoms with E-state index < -0.39 is 0 Å². The Morgan fingerprint density at radius 3 is 1.81 bits per heavy atom. The highest BCUT2D eigenvalue weighted by Crippen LogP contribution is 2.10. The van der Waals surface area contributed by atoms with E-state index in [0.717, 1.165) is 12.8 Å². The number of carbonyl (C=O) groups excluding carboxylic acids is 1. The first-order chi connectivity index (χ1) is 10.3. The molecular formula is C18H33NOS. The molecule has 122 valence electrons. The van der Waals surface area contributed by atoms with Crippen LogP contribution in [-0.4, -0.2) is 5.91 Å². The van der Waals surface area contributed by atoms with Crippen LogP contribution in [0, 0.1) is 0 Å². The lowest BCUT2D eigenvalue weighted by Crippen LogP contribution is -1.90. The molecular weight excluding hydrogens is 278 g/mol. The molecule has 21 heavy (non-hydrogen) atoms. The first-order valence-corrected chi connectivity index (χ1v) is 9.19. The second-order valence-corrected chi connectivity index (χ2v) is 6.00. The summed E-state index contributed by atoms with van der Waals surface area (Å²) in [5.74, 6) is -0.136. The van der Waals surface area contributed by atoms with Crippen molar-refractivity contribution in [1.29, 1.82) is 0 Å². The van der Waals surface area contributed by atoms with Gasteiger partial charge in [0, 0.05) is 18.8 Å². The Bertz CT molecular complexity index is 276. The summed E-state index contributed by atoms with van der Waals surface area (Å²) in [7, 11) is 0. The molecule has 0 bridgehead atoms. The van der Waals surface area contributed by atoms with Crippen LogP contribution in [0.2, 0.25) is 0 Å². The van der Waals surface area contributed by atoms with E-state index in [1.165, 1.54) is 70.6 Å². The lowest BCUT2D eigenvalue weighted by molar-refractivity contribution is -0.117. The van der Waals surface area contributed by atoms with Gasteiger partial charge in [-0.1, -0.05) is 70.4 Å². The van der Waals surface area contributed by atoms with Crippen LogP contribution in [0.5, 0.6) is 0 Å². The van der Waals surface area contributed by atoms with Crippen molar-refractivity contribution < 1.29 is 4.79 Å². The molecule has 0 N–H and O–H groups in total. The van der Waals surface area contributed by atoms with Crippen LogP contribution in [-0.2, 0) is 17.2 Å². The second kappa shape index (κ2) is 17.5. The molecule has 1 amide bonds. The Kier molecular flexibility index (Phi) is 17.0. The first-order valence-electron chi connectivity index (χ1n) is 8.82. The third kappa shape index (κ3) is 17.4. The Morgan fingerprint density at radius 1 is 0.810 bits per heavy atom. The maximum atomic E-state index is 10.9. The van der Waals surface area contributed by atoms with Gasteiger partial charge in [-0.2, -0.15) is 0 Å². The largest absolute Gasteiger partial charge is 0.272 e. The van der Waals surface area contributed by atoms with E-state index in [1.807, 2.05) is 0 Å². The molecule has 0 aromatic rings. The SMILES string of the molecule is CCCCCCCC/C=C\CCCCCCCC(=O)N=S. The third-order valence-corrected chi connectivity index (χ3v) is 3.96. The van der Waals surface area contributed by atoms with Gasteiger partial charge in [-0.3, -0.25) is 4.79 Å². The van der Waals surface area contributed by atoms with Gasteiger partial charge in [-0.15, -0.1) is 4.36 Å². The number of nitrogens with zero attached hydrogens (tertiary/aromatic N) is 1. The van der Waals surface area contributed by atoms with Gasteiger partial charge >= 0.3 is 0 Å². The van der Waals surface area contributed by atoms with E-state index in [9.17, 15) is 4.79 Å². The summed E-state index contributed by atoms with van der Waals surface area (Å²) in [6, 6.07) is 0. The molecule has 0 unspecified atom stereocenters. The average Bonchev–Trinajstić information content (AvgIpc) is 2.50. The third-order valence-electron chi connectivity index (χ3n) is 3.75. The molecule has 0 spiro atoms. The normalized spacial score (nSPS) is 11.1. The van der Waals surface area contributed by atoms with Crippen molar-refractivity contribution in [1.82, 2.24) is 0 Å². The van der Waals surface area contributed by atoms with Crippen LogP contribution in [0.4, 0.5) is 0 Å². The minimum Gasteiger partial charge on any atom is -0.272 e. The highest BCUT2D eigenvalue weighted by Gasteiger charge is 1.97. The van der Waals surface area contributed by atoms with Crippen LogP contribution >= 0.6 is 0 Å². The number of rotatable bonds is 15. The molecule has 0 atom stereocenters. The number of hydrogen-bond acceptors (Lipinski definition) is 2. The number of carbonyl (C=O) groups is 1. The van der Waals surface area contributed by atoms with Gasteiger partial charge in [0.1, 0.15) is 0 Å². The van der Waals surface area contributed by atoms with Gasteiger partial charge in [-0.05, 0) is 32.1 Å². The highest BCUT2D eigenvalue weighted by atomic mass is 32.1. The number of hydrogen-bond donors (Lipinski definition) is 0. The summed E-state index contributed by atoms with van der Waals surface area (Å²) >= 11 is 4.35. The van der Waals surface area contributed by atoms with E-state index in [4.69, 9.17) is 0 Å². The lowest BCUT2D eigenvalue weighted by Gasteiger charge is -1.99. The molecule has 0 aliphatic carbocycles. The molecule has 0 fully saturated rings. The Labute approximate surface area is 137 Å². The standard InChI is InChI=1S/C18H33NOS/c1-2-3-4-5-6-7-8-9-10-11-12-13-14-15-16-17-18(20)19-21/h9-10H,2-8,11-17H2,1H3/b10-9-. The summed E-state index contributed by atoms with van der Waals surface area (Å²) in [6.45, 7) is 2.26. The van der Waals surface area contributed by atoms with Gasteiger partial charge in [0.25, 0.3) is 5.91 Å². The molecule has 0 rings (SSSR count). The van der Waals surface area contributed by atoms with E-state index in [0.29, 0.717) is 6.42 Å². The topological polar surface area (TPSA) is 29.4 Å². The fraction of sp³-hybridized carbons (Fsp3) is 0.833. The van der Waals surface area contributed by atoms with Crippen molar-refractivity contribution in [2.45, 2.75) is 96.8 Å². The number of unbranched alkanes of at least 4 members (excludes halogenated alkanes) is 11. The van der Waals surface area contributed by atoms with E-state index >= 15 is 0 Å². The highest BCUT2D eigenvalue weighted by molar-refractivity contribution is 7.47. The molecule has 0 aromatic heterocycles. The molecule has 2 nitrogen and oxygen atoms in total. The molecule has 0 aliphatic heterocycles. The Balaban J connectivity index is 3.11. The summed E-state index contributed by atoms with van der Waals surface area (Å²) in [6.07, 6.45) is 21.8. The molecule has 0 heterocycles. The van der Waals surface area contributed by atoms with Crippen LogP contribution in [0.15, 0.2) is 16.5 Å². The molecule has 0 aromatic carbocycles. The number of allylic oxidation sites excluding steroid dienone is 2. The van der Waals surface area contributed by atoms with Gasteiger partial charge < -0.3 is 0 Å². The summed E-state index contributed by atoms with van der Waals surface area (Å²) < 4.78 is 3.23. The quantitative estimate of drug-likeness (QED) is 0.263. The summed E-state index contributed by atoms with van der Waals surface area (Å²) in [5.41, 5.74) is 0. The zero-order chi connectivity index (χ0) is 15.6. The molecule has 0 saturated carbocycles. The van der Waals surface area contributed by atoms with Crippen molar-refractivity contribution in [2.75, 3.05) is 0 Å². The van der Waals surface area contributed by atoms with Crippen LogP contribution in [0.25, 0.3) is 0 Å². The van der Waals surface area contributed by atoms with Crippen LogP contribution < -0.4 is 0 Å². The Hall–Kier alpha value is -0.570. The van der Waals surface area contributed by atoms with Crippen LogP contribution in [0.3, 0.4) is 0 Å². The van der Waals surface area contributed by atoms with Gasteiger partial charge in [0.2, 0.25) is 0 Å². The van der Waals surface area contributed by atoms with E-state index in [1.54, 1.807) is 0 Å². The lowest BCUT2D eigenvalue weighted by atomic mass is 10.1. The van der Waals surface area contributed by atoms with Crippen LogP contribution in [0.1, 0.15) is 96.8 Å². The molecule has 3 heteroatoms. The monoisotopic (exact) mass is 311 g/mol. The van der Waals surface area contributed by atoms with Crippen molar-refractivity contribution >= 4 is 18.3 Å². The maximum Gasteiger partial charge on any atom is 0.256 e. The zero-order valence-corrected chi connectivity index (χ0v) is 14.6. The van der Waals surface area contributed by atoms with Crippen molar-refractivity contribution in [3.63, 3.8) is 0 Å². The average molecular weight is 312 g/mol. The minimum atomic E-state index is -0.136. The van der Waals surface area contributed by atoms with Crippen molar-refractivity contribution in [2.24, 2.45) is 4.36 Å².